The summed E-state index contributed by atoms with van der Waals surface area (Å²) in [6.07, 6.45) is 6.84. The maximum atomic E-state index is 12.0. The van der Waals surface area contributed by atoms with E-state index < -0.39 is 0 Å². The molecule has 2 heteroatoms. The molecule has 0 amide bonds. The van der Waals surface area contributed by atoms with Crippen molar-refractivity contribution in [2.75, 3.05) is 0 Å². The Labute approximate surface area is 109 Å². The van der Waals surface area contributed by atoms with Crippen LogP contribution < -0.4 is 0 Å². The summed E-state index contributed by atoms with van der Waals surface area (Å²) in [5.74, 6) is 0.253. The van der Waals surface area contributed by atoms with Gasteiger partial charge in [0.05, 0.1) is 13.2 Å². The Morgan fingerprint density at radius 1 is 1.22 bits per heavy atom. The standard InChI is InChI=1S/C16H20O2/c1-2-3-4-5-6-7-16(17)13-8-9-14-11-18-12-15(14)10-13/h2,8-10H,1,3-7,11-12H2. The molecular weight excluding hydrogens is 224 g/mol. The fourth-order valence-electron chi connectivity index (χ4n) is 2.24. The van der Waals surface area contributed by atoms with E-state index in [1.54, 1.807) is 0 Å². The maximum absolute atomic E-state index is 12.0. The van der Waals surface area contributed by atoms with Crippen LogP contribution in [0.15, 0.2) is 30.9 Å². The Morgan fingerprint density at radius 3 is 2.89 bits per heavy atom. The third kappa shape index (κ3) is 3.30. The van der Waals surface area contributed by atoms with Crippen molar-refractivity contribution in [3.63, 3.8) is 0 Å². The van der Waals surface area contributed by atoms with E-state index in [1.165, 1.54) is 11.1 Å². The van der Waals surface area contributed by atoms with E-state index in [9.17, 15) is 4.79 Å². The number of carbonyl (C=O) groups excluding carboxylic acids is 1. The summed E-state index contributed by atoms with van der Waals surface area (Å²) in [6, 6.07) is 5.95. The molecule has 0 atom stereocenters. The summed E-state index contributed by atoms with van der Waals surface area (Å²) in [6.45, 7) is 5.03. The van der Waals surface area contributed by atoms with Gasteiger partial charge in [-0.3, -0.25) is 4.79 Å². The van der Waals surface area contributed by atoms with Gasteiger partial charge in [0.25, 0.3) is 0 Å². The number of rotatable bonds is 7. The highest BCUT2D eigenvalue weighted by Gasteiger charge is 2.13. The van der Waals surface area contributed by atoms with Crippen molar-refractivity contribution in [3.8, 4) is 0 Å². The molecule has 2 nitrogen and oxygen atoms in total. The summed E-state index contributed by atoms with van der Waals surface area (Å²) in [5, 5.41) is 0. The van der Waals surface area contributed by atoms with E-state index in [0.717, 1.165) is 31.2 Å². The number of hydrogen-bond acceptors (Lipinski definition) is 2. The smallest absolute Gasteiger partial charge is 0.162 e. The fourth-order valence-corrected chi connectivity index (χ4v) is 2.24. The van der Waals surface area contributed by atoms with Crippen molar-refractivity contribution in [2.45, 2.75) is 45.3 Å². The van der Waals surface area contributed by atoms with Gasteiger partial charge in [-0.1, -0.05) is 24.6 Å². The van der Waals surface area contributed by atoms with Crippen LogP contribution in [0.1, 0.15) is 53.6 Å². The first-order valence-corrected chi connectivity index (χ1v) is 6.65. The first-order chi connectivity index (χ1) is 8.81. The van der Waals surface area contributed by atoms with Crippen molar-refractivity contribution < 1.29 is 9.53 Å². The monoisotopic (exact) mass is 244 g/mol. The van der Waals surface area contributed by atoms with Crippen LogP contribution in [0.25, 0.3) is 0 Å². The Bertz CT molecular complexity index is 435. The molecular formula is C16H20O2. The molecule has 0 aromatic heterocycles. The SMILES string of the molecule is C=CCCCCCC(=O)c1ccc2c(c1)COC2. The van der Waals surface area contributed by atoms with Crippen molar-refractivity contribution in [3.05, 3.63) is 47.5 Å². The minimum Gasteiger partial charge on any atom is -0.372 e. The quantitative estimate of drug-likeness (QED) is 0.411. The number of fused-ring (bicyclic) bond motifs is 1. The van der Waals surface area contributed by atoms with Crippen molar-refractivity contribution >= 4 is 5.78 Å². The van der Waals surface area contributed by atoms with Gasteiger partial charge >= 0.3 is 0 Å². The van der Waals surface area contributed by atoms with Gasteiger partial charge in [-0.05, 0) is 36.5 Å². The van der Waals surface area contributed by atoms with Crippen molar-refractivity contribution in [2.24, 2.45) is 0 Å². The third-order valence-electron chi connectivity index (χ3n) is 3.36. The van der Waals surface area contributed by atoms with Gasteiger partial charge in [-0.2, -0.15) is 0 Å². The molecule has 0 saturated heterocycles. The molecule has 0 N–H and O–H groups in total. The van der Waals surface area contributed by atoms with Crippen LogP contribution >= 0.6 is 0 Å². The van der Waals surface area contributed by atoms with Crippen LogP contribution in [-0.4, -0.2) is 5.78 Å². The molecule has 1 aliphatic heterocycles. The van der Waals surface area contributed by atoms with Crippen LogP contribution in [-0.2, 0) is 18.0 Å². The lowest BCUT2D eigenvalue weighted by Crippen LogP contribution is -2.00. The van der Waals surface area contributed by atoms with E-state index in [2.05, 4.69) is 6.58 Å². The highest BCUT2D eigenvalue weighted by molar-refractivity contribution is 5.96. The van der Waals surface area contributed by atoms with Gasteiger partial charge in [0.2, 0.25) is 0 Å². The lowest BCUT2D eigenvalue weighted by molar-refractivity contribution is 0.0979. The molecule has 0 fully saturated rings. The lowest BCUT2D eigenvalue weighted by Gasteiger charge is -2.03. The minimum atomic E-state index is 0.253. The van der Waals surface area contributed by atoms with Gasteiger partial charge in [-0.25, -0.2) is 0 Å². The molecule has 0 spiro atoms. The Kier molecular flexibility index (Phi) is 4.71. The molecule has 0 bridgehead atoms. The zero-order valence-electron chi connectivity index (χ0n) is 10.8. The second-order valence-corrected chi connectivity index (χ2v) is 4.79. The topological polar surface area (TPSA) is 26.3 Å². The molecule has 2 rings (SSSR count). The number of ketones is 1. The number of benzene rings is 1. The normalized spacial score (nSPS) is 13.3. The molecule has 96 valence electrons. The zero-order valence-corrected chi connectivity index (χ0v) is 10.8. The predicted octanol–water partition coefficient (Wildman–Crippen LogP) is 4.04. The lowest BCUT2D eigenvalue weighted by atomic mass is 10.00. The van der Waals surface area contributed by atoms with E-state index in [4.69, 9.17) is 4.74 Å². The molecule has 18 heavy (non-hydrogen) atoms. The molecule has 0 saturated carbocycles. The largest absolute Gasteiger partial charge is 0.372 e. The first-order valence-electron chi connectivity index (χ1n) is 6.65. The average Bonchev–Trinajstić information content (AvgIpc) is 2.85. The van der Waals surface area contributed by atoms with E-state index >= 15 is 0 Å². The molecule has 1 aromatic carbocycles. The van der Waals surface area contributed by atoms with Gasteiger partial charge in [0.1, 0.15) is 0 Å². The van der Waals surface area contributed by atoms with Gasteiger partial charge in [0.15, 0.2) is 5.78 Å². The molecule has 0 unspecified atom stereocenters. The highest BCUT2D eigenvalue weighted by Crippen LogP contribution is 2.21. The summed E-state index contributed by atoms with van der Waals surface area (Å²) in [4.78, 5) is 12.0. The number of hydrogen-bond donors (Lipinski definition) is 0. The van der Waals surface area contributed by atoms with Crippen LogP contribution in [0.4, 0.5) is 0 Å². The van der Waals surface area contributed by atoms with E-state index in [-0.39, 0.29) is 5.78 Å². The highest BCUT2D eigenvalue weighted by atomic mass is 16.5. The molecule has 0 radical (unpaired) electrons. The average molecular weight is 244 g/mol. The van der Waals surface area contributed by atoms with Crippen LogP contribution in [0.3, 0.4) is 0 Å². The molecule has 0 aliphatic carbocycles. The van der Waals surface area contributed by atoms with E-state index in [1.807, 2.05) is 24.3 Å². The number of carbonyl (C=O) groups is 1. The third-order valence-corrected chi connectivity index (χ3v) is 3.36. The molecule has 1 heterocycles. The molecule has 1 aliphatic rings. The van der Waals surface area contributed by atoms with E-state index in [0.29, 0.717) is 19.6 Å². The van der Waals surface area contributed by atoms with Crippen LogP contribution in [0, 0.1) is 0 Å². The van der Waals surface area contributed by atoms with Crippen molar-refractivity contribution in [1.82, 2.24) is 0 Å². The Hall–Kier alpha value is -1.41. The van der Waals surface area contributed by atoms with Crippen LogP contribution in [0.5, 0.6) is 0 Å². The van der Waals surface area contributed by atoms with Gasteiger partial charge < -0.3 is 4.74 Å². The number of allylic oxidation sites excluding steroid dienone is 1. The summed E-state index contributed by atoms with van der Waals surface area (Å²) >= 11 is 0. The molecule has 1 aromatic rings. The minimum absolute atomic E-state index is 0.253. The van der Waals surface area contributed by atoms with Gasteiger partial charge in [0, 0.05) is 12.0 Å². The second kappa shape index (κ2) is 6.50. The predicted molar refractivity (Wildman–Crippen MR) is 72.5 cm³/mol. The number of unbranched alkanes of at least 4 members (excludes halogenated alkanes) is 3. The zero-order chi connectivity index (χ0) is 12.8. The maximum Gasteiger partial charge on any atom is 0.162 e. The second-order valence-electron chi connectivity index (χ2n) is 4.79. The summed E-state index contributed by atoms with van der Waals surface area (Å²) in [7, 11) is 0. The first kappa shape index (κ1) is 13.0. The Morgan fingerprint density at radius 2 is 2.06 bits per heavy atom. The number of Topliss-reactive ketones (excluding diaryl/α,β-unsaturated/α-hetero) is 1. The fraction of sp³-hybridized carbons (Fsp3) is 0.438. The van der Waals surface area contributed by atoms with Crippen molar-refractivity contribution in [1.29, 1.82) is 0 Å². The Balaban J connectivity index is 1.83. The van der Waals surface area contributed by atoms with Gasteiger partial charge in [-0.15, -0.1) is 6.58 Å². The summed E-state index contributed by atoms with van der Waals surface area (Å²) in [5.41, 5.74) is 3.23. The number of ether oxygens (including phenoxy) is 1. The van der Waals surface area contributed by atoms with Crippen LogP contribution in [0.2, 0.25) is 0 Å². The summed E-state index contributed by atoms with van der Waals surface area (Å²) < 4.78 is 5.35.